The van der Waals surface area contributed by atoms with Gasteiger partial charge >= 0.3 is 5.97 Å². The number of anilines is 1. The molecule has 1 aliphatic rings. The molecule has 0 spiro atoms. The summed E-state index contributed by atoms with van der Waals surface area (Å²) in [5, 5.41) is 8.99. The van der Waals surface area contributed by atoms with Crippen molar-refractivity contribution < 1.29 is 14.6 Å². The van der Waals surface area contributed by atoms with Crippen LogP contribution in [0, 0.1) is 6.92 Å². The highest BCUT2D eigenvalue weighted by atomic mass is 16.5. The van der Waals surface area contributed by atoms with E-state index < -0.39 is 5.97 Å². The van der Waals surface area contributed by atoms with Gasteiger partial charge in [-0.15, -0.1) is 0 Å². The summed E-state index contributed by atoms with van der Waals surface area (Å²) in [6, 6.07) is 0.242. The van der Waals surface area contributed by atoms with Crippen LogP contribution in [0.15, 0.2) is 6.20 Å². The van der Waals surface area contributed by atoms with Crippen molar-refractivity contribution in [2.75, 3.05) is 18.1 Å². The molecular weight excluding hydrogens is 246 g/mol. The molecule has 0 aromatic carbocycles. The molecule has 0 bridgehead atoms. The van der Waals surface area contributed by atoms with Gasteiger partial charge in [0.05, 0.1) is 30.0 Å². The Morgan fingerprint density at radius 2 is 2.37 bits per heavy atom. The van der Waals surface area contributed by atoms with Crippen molar-refractivity contribution in [3.8, 4) is 0 Å². The van der Waals surface area contributed by atoms with Gasteiger partial charge in [-0.25, -0.2) is 14.8 Å². The van der Waals surface area contributed by atoms with Crippen LogP contribution >= 0.6 is 0 Å². The standard InChI is InChI=1S/C13H19N3O3/c1-4-10-7-19-8(2)6-16(10)13-14-5-11(12(17)18)9(3)15-13/h5,8,10H,4,6-7H2,1-3H3,(H,17,18). The molecule has 1 aliphatic heterocycles. The molecule has 2 atom stereocenters. The zero-order chi connectivity index (χ0) is 14.0. The molecule has 6 heteroatoms. The summed E-state index contributed by atoms with van der Waals surface area (Å²) in [5.41, 5.74) is 0.643. The first-order chi connectivity index (χ1) is 9.02. The average Bonchev–Trinajstić information content (AvgIpc) is 2.38. The summed E-state index contributed by atoms with van der Waals surface area (Å²) < 4.78 is 5.63. The van der Waals surface area contributed by atoms with Crippen LogP contribution in [0.25, 0.3) is 0 Å². The molecule has 0 saturated carbocycles. The summed E-state index contributed by atoms with van der Waals surface area (Å²) in [6.45, 7) is 7.18. The van der Waals surface area contributed by atoms with Crippen LogP contribution in [0.3, 0.4) is 0 Å². The van der Waals surface area contributed by atoms with Crippen molar-refractivity contribution in [3.63, 3.8) is 0 Å². The molecule has 0 aliphatic carbocycles. The molecule has 1 fully saturated rings. The summed E-state index contributed by atoms with van der Waals surface area (Å²) in [6.07, 6.45) is 2.45. The van der Waals surface area contributed by atoms with E-state index >= 15 is 0 Å². The van der Waals surface area contributed by atoms with Gasteiger partial charge in [-0.05, 0) is 20.3 Å². The lowest BCUT2D eigenvalue weighted by atomic mass is 10.1. The van der Waals surface area contributed by atoms with E-state index in [1.165, 1.54) is 6.20 Å². The first-order valence-electron chi connectivity index (χ1n) is 6.48. The third-order valence-electron chi connectivity index (χ3n) is 3.39. The Balaban J connectivity index is 2.29. The zero-order valence-corrected chi connectivity index (χ0v) is 11.5. The number of hydrogen-bond acceptors (Lipinski definition) is 5. The van der Waals surface area contributed by atoms with Gasteiger partial charge in [-0.1, -0.05) is 6.92 Å². The van der Waals surface area contributed by atoms with Crippen LogP contribution in [0.5, 0.6) is 0 Å². The number of aromatic carboxylic acids is 1. The van der Waals surface area contributed by atoms with Gasteiger partial charge in [0.25, 0.3) is 0 Å². The maximum Gasteiger partial charge on any atom is 0.339 e. The minimum absolute atomic E-state index is 0.130. The predicted molar refractivity (Wildman–Crippen MR) is 70.6 cm³/mol. The lowest BCUT2D eigenvalue weighted by Crippen LogP contribution is -2.49. The van der Waals surface area contributed by atoms with Crippen LogP contribution in [0.2, 0.25) is 0 Å². The number of rotatable bonds is 3. The number of aromatic nitrogens is 2. The fourth-order valence-corrected chi connectivity index (χ4v) is 2.23. The van der Waals surface area contributed by atoms with E-state index in [1.807, 2.05) is 6.92 Å². The zero-order valence-electron chi connectivity index (χ0n) is 11.5. The second-order valence-corrected chi connectivity index (χ2v) is 4.83. The number of carboxylic acid groups (broad SMARTS) is 1. The normalized spacial score (nSPS) is 23.4. The van der Waals surface area contributed by atoms with Crippen molar-refractivity contribution in [1.82, 2.24) is 9.97 Å². The molecule has 1 aromatic heterocycles. The van der Waals surface area contributed by atoms with E-state index in [2.05, 4.69) is 21.8 Å². The third kappa shape index (κ3) is 2.84. The highest BCUT2D eigenvalue weighted by Gasteiger charge is 2.28. The number of carbonyl (C=O) groups is 1. The molecule has 6 nitrogen and oxygen atoms in total. The average molecular weight is 265 g/mol. The van der Waals surface area contributed by atoms with Crippen LogP contribution in [0.1, 0.15) is 36.3 Å². The van der Waals surface area contributed by atoms with Crippen molar-refractivity contribution in [3.05, 3.63) is 17.5 Å². The van der Waals surface area contributed by atoms with E-state index in [-0.39, 0.29) is 17.7 Å². The van der Waals surface area contributed by atoms with E-state index in [1.54, 1.807) is 6.92 Å². The smallest absolute Gasteiger partial charge is 0.339 e. The number of nitrogens with zero attached hydrogens (tertiary/aromatic N) is 3. The fourth-order valence-electron chi connectivity index (χ4n) is 2.23. The summed E-state index contributed by atoms with van der Waals surface area (Å²) in [7, 11) is 0. The Morgan fingerprint density at radius 1 is 1.63 bits per heavy atom. The van der Waals surface area contributed by atoms with Crippen LogP contribution in [-0.4, -0.2) is 46.3 Å². The number of ether oxygens (including phenoxy) is 1. The molecule has 1 N–H and O–H groups in total. The van der Waals surface area contributed by atoms with Crippen molar-refractivity contribution in [1.29, 1.82) is 0 Å². The number of carboxylic acids is 1. The minimum atomic E-state index is -0.994. The van der Waals surface area contributed by atoms with Gasteiger partial charge in [0.1, 0.15) is 0 Å². The Kier molecular flexibility index (Phi) is 3.99. The molecule has 2 heterocycles. The quantitative estimate of drug-likeness (QED) is 0.892. The van der Waals surface area contributed by atoms with Gasteiger partial charge in [0.2, 0.25) is 5.95 Å². The third-order valence-corrected chi connectivity index (χ3v) is 3.39. The van der Waals surface area contributed by atoms with Crippen molar-refractivity contribution >= 4 is 11.9 Å². The first-order valence-corrected chi connectivity index (χ1v) is 6.48. The second kappa shape index (κ2) is 5.52. The predicted octanol–water partition coefficient (Wildman–Crippen LogP) is 1.49. The maximum absolute atomic E-state index is 11.0. The van der Waals surface area contributed by atoms with Gasteiger partial charge in [0, 0.05) is 12.7 Å². The van der Waals surface area contributed by atoms with Crippen molar-refractivity contribution in [2.45, 2.75) is 39.3 Å². The van der Waals surface area contributed by atoms with E-state index in [9.17, 15) is 4.79 Å². The molecule has 19 heavy (non-hydrogen) atoms. The molecule has 2 unspecified atom stereocenters. The molecule has 0 radical (unpaired) electrons. The van der Waals surface area contributed by atoms with Crippen LogP contribution in [0.4, 0.5) is 5.95 Å². The van der Waals surface area contributed by atoms with E-state index in [0.717, 1.165) is 13.0 Å². The van der Waals surface area contributed by atoms with Gasteiger partial charge in [0.15, 0.2) is 0 Å². The molecule has 0 amide bonds. The van der Waals surface area contributed by atoms with E-state index in [4.69, 9.17) is 9.84 Å². The summed E-state index contributed by atoms with van der Waals surface area (Å²) in [5.74, 6) is -0.407. The molecule has 1 saturated heterocycles. The fraction of sp³-hybridized carbons (Fsp3) is 0.615. The lowest BCUT2D eigenvalue weighted by Gasteiger charge is -2.38. The summed E-state index contributed by atoms with van der Waals surface area (Å²) >= 11 is 0. The highest BCUT2D eigenvalue weighted by molar-refractivity contribution is 5.88. The van der Waals surface area contributed by atoms with Gasteiger partial charge < -0.3 is 14.7 Å². The monoisotopic (exact) mass is 265 g/mol. The molecule has 104 valence electrons. The van der Waals surface area contributed by atoms with E-state index in [0.29, 0.717) is 18.2 Å². The Morgan fingerprint density at radius 3 is 2.95 bits per heavy atom. The molecule has 2 rings (SSSR count). The topological polar surface area (TPSA) is 75.5 Å². The van der Waals surface area contributed by atoms with Gasteiger partial charge in [-0.3, -0.25) is 0 Å². The maximum atomic E-state index is 11.0. The number of hydrogen-bond donors (Lipinski definition) is 1. The van der Waals surface area contributed by atoms with Crippen LogP contribution in [-0.2, 0) is 4.74 Å². The van der Waals surface area contributed by atoms with Crippen molar-refractivity contribution in [2.24, 2.45) is 0 Å². The first kappa shape index (κ1) is 13.7. The van der Waals surface area contributed by atoms with Crippen LogP contribution < -0.4 is 4.90 Å². The number of aryl methyl sites for hydroxylation is 1. The molecule has 1 aromatic rings. The second-order valence-electron chi connectivity index (χ2n) is 4.83. The molecular formula is C13H19N3O3. The Hall–Kier alpha value is -1.69. The summed E-state index contributed by atoms with van der Waals surface area (Å²) in [4.78, 5) is 21.6. The lowest BCUT2D eigenvalue weighted by molar-refractivity contribution is 0.0292. The largest absolute Gasteiger partial charge is 0.478 e. The Labute approximate surface area is 112 Å². The van der Waals surface area contributed by atoms with Gasteiger partial charge in [-0.2, -0.15) is 0 Å². The highest BCUT2D eigenvalue weighted by Crippen LogP contribution is 2.20. The minimum Gasteiger partial charge on any atom is -0.478 e. The SMILES string of the molecule is CCC1COC(C)CN1c1ncc(C(=O)O)c(C)n1. The number of morpholine rings is 1. The Bertz CT molecular complexity index is 478.